The molecule has 1 N–H and O–H groups in total. The van der Waals surface area contributed by atoms with Crippen molar-refractivity contribution in [1.82, 2.24) is 5.32 Å². The van der Waals surface area contributed by atoms with Crippen molar-refractivity contribution >= 4 is 17.5 Å². The van der Waals surface area contributed by atoms with Crippen LogP contribution >= 0.6 is 11.6 Å². The van der Waals surface area contributed by atoms with E-state index in [4.69, 9.17) is 16.3 Å². The number of ether oxygens (including phenoxy) is 1. The molecule has 122 valence electrons. The fraction of sp³-hybridized carbons (Fsp3) is 0.316. The third-order valence-electron chi connectivity index (χ3n) is 3.48. The third-order valence-corrected chi connectivity index (χ3v) is 3.73. The van der Waals surface area contributed by atoms with Gasteiger partial charge in [0.05, 0.1) is 13.0 Å². The Kier molecular flexibility index (Phi) is 6.95. The average molecular weight is 332 g/mol. The number of halogens is 1. The van der Waals surface area contributed by atoms with Gasteiger partial charge < -0.3 is 10.1 Å². The summed E-state index contributed by atoms with van der Waals surface area (Å²) >= 11 is 5.83. The van der Waals surface area contributed by atoms with Gasteiger partial charge in [-0.05, 0) is 55.2 Å². The highest BCUT2D eigenvalue weighted by Gasteiger charge is 2.03. The number of hydrogen-bond acceptors (Lipinski definition) is 2. The highest BCUT2D eigenvalue weighted by atomic mass is 35.5. The molecule has 1 amide bonds. The number of carbonyl (C=O) groups is 1. The van der Waals surface area contributed by atoms with Gasteiger partial charge in [0.2, 0.25) is 5.91 Å². The molecular weight excluding hydrogens is 310 g/mol. The van der Waals surface area contributed by atoms with Crippen molar-refractivity contribution in [3.63, 3.8) is 0 Å². The van der Waals surface area contributed by atoms with Crippen molar-refractivity contribution < 1.29 is 9.53 Å². The monoisotopic (exact) mass is 331 g/mol. The normalized spacial score (nSPS) is 10.3. The number of hydrogen-bond donors (Lipinski definition) is 1. The zero-order chi connectivity index (χ0) is 16.5. The molecule has 0 unspecified atom stereocenters. The molecule has 2 rings (SSSR count). The summed E-state index contributed by atoms with van der Waals surface area (Å²) in [5.41, 5.74) is 2.22. The average Bonchev–Trinajstić information content (AvgIpc) is 2.55. The van der Waals surface area contributed by atoms with Crippen molar-refractivity contribution in [1.29, 1.82) is 0 Å². The van der Waals surface area contributed by atoms with Crippen molar-refractivity contribution in [2.24, 2.45) is 0 Å². The highest BCUT2D eigenvalue weighted by molar-refractivity contribution is 6.30. The Morgan fingerprint density at radius 3 is 2.35 bits per heavy atom. The summed E-state index contributed by atoms with van der Waals surface area (Å²) in [6.45, 7) is 3.33. The van der Waals surface area contributed by atoms with E-state index in [9.17, 15) is 4.79 Å². The summed E-state index contributed by atoms with van der Waals surface area (Å²) in [6, 6.07) is 15.5. The van der Waals surface area contributed by atoms with Crippen LogP contribution in [0, 0.1) is 0 Å². The molecule has 0 heterocycles. The first-order chi connectivity index (χ1) is 11.2. The predicted octanol–water partition coefficient (Wildman–Crippen LogP) is 4.03. The van der Waals surface area contributed by atoms with Gasteiger partial charge >= 0.3 is 0 Å². The molecule has 4 heteroatoms. The van der Waals surface area contributed by atoms with Crippen molar-refractivity contribution in [2.45, 2.75) is 26.2 Å². The maximum absolute atomic E-state index is 11.9. The summed E-state index contributed by atoms with van der Waals surface area (Å²) in [6.07, 6.45) is 2.24. The molecule has 0 saturated carbocycles. The van der Waals surface area contributed by atoms with Crippen LogP contribution in [-0.4, -0.2) is 19.1 Å². The zero-order valence-corrected chi connectivity index (χ0v) is 14.1. The van der Waals surface area contributed by atoms with Gasteiger partial charge in [-0.2, -0.15) is 0 Å². The second kappa shape index (κ2) is 9.21. The quantitative estimate of drug-likeness (QED) is 0.742. The van der Waals surface area contributed by atoms with E-state index in [-0.39, 0.29) is 5.91 Å². The highest BCUT2D eigenvalue weighted by Crippen LogP contribution is 2.13. The van der Waals surface area contributed by atoms with E-state index in [1.54, 1.807) is 12.1 Å². The SMILES string of the molecule is CCOc1ccc(CCCNC(=O)Cc2ccc(Cl)cc2)cc1. The summed E-state index contributed by atoms with van der Waals surface area (Å²) in [5, 5.41) is 3.64. The van der Waals surface area contributed by atoms with Crippen LogP contribution < -0.4 is 10.1 Å². The predicted molar refractivity (Wildman–Crippen MR) is 94.1 cm³/mol. The zero-order valence-electron chi connectivity index (χ0n) is 13.3. The Balaban J connectivity index is 1.66. The first-order valence-electron chi connectivity index (χ1n) is 7.90. The fourth-order valence-electron chi connectivity index (χ4n) is 2.29. The molecule has 0 aliphatic carbocycles. The number of rotatable bonds is 8. The molecule has 2 aromatic carbocycles. The molecular formula is C19H22ClNO2. The summed E-state index contributed by atoms with van der Waals surface area (Å²) in [4.78, 5) is 11.9. The van der Waals surface area contributed by atoms with E-state index in [0.717, 1.165) is 24.2 Å². The van der Waals surface area contributed by atoms with Crippen LogP contribution in [0.4, 0.5) is 0 Å². The maximum Gasteiger partial charge on any atom is 0.224 e. The van der Waals surface area contributed by atoms with Crippen LogP contribution in [0.2, 0.25) is 5.02 Å². The number of nitrogens with one attached hydrogen (secondary N) is 1. The Labute approximate surface area is 142 Å². The summed E-state index contributed by atoms with van der Waals surface area (Å²) in [7, 11) is 0. The number of benzene rings is 2. The maximum atomic E-state index is 11.9. The van der Waals surface area contributed by atoms with Crippen molar-refractivity contribution in [2.75, 3.05) is 13.2 Å². The molecule has 23 heavy (non-hydrogen) atoms. The lowest BCUT2D eigenvalue weighted by Gasteiger charge is -2.07. The molecule has 0 aromatic heterocycles. The van der Waals surface area contributed by atoms with Gasteiger partial charge in [0.15, 0.2) is 0 Å². The van der Waals surface area contributed by atoms with E-state index in [1.165, 1.54) is 5.56 Å². The minimum Gasteiger partial charge on any atom is -0.494 e. The van der Waals surface area contributed by atoms with Gasteiger partial charge in [-0.15, -0.1) is 0 Å². The van der Waals surface area contributed by atoms with Gasteiger partial charge in [0.1, 0.15) is 5.75 Å². The molecule has 0 fully saturated rings. The molecule has 0 aliphatic rings. The third kappa shape index (κ3) is 6.33. The van der Waals surface area contributed by atoms with E-state index in [1.807, 2.05) is 31.2 Å². The van der Waals surface area contributed by atoms with Gasteiger partial charge in [-0.1, -0.05) is 35.9 Å². The number of amides is 1. The van der Waals surface area contributed by atoms with Crippen LogP contribution in [0.1, 0.15) is 24.5 Å². The van der Waals surface area contributed by atoms with E-state index >= 15 is 0 Å². The Morgan fingerprint density at radius 2 is 1.70 bits per heavy atom. The van der Waals surface area contributed by atoms with Gasteiger partial charge in [-0.25, -0.2) is 0 Å². The van der Waals surface area contributed by atoms with Gasteiger partial charge in [0.25, 0.3) is 0 Å². The number of aryl methyl sites for hydroxylation is 1. The first kappa shape index (κ1) is 17.4. The Morgan fingerprint density at radius 1 is 1.04 bits per heavy atom. The van der Waals surface area contributed by atoms with Crippen LogP contribution in [0.15, 0.2) is 48.5 Å². The largest absolute Gasteiger partial charge is 0.494 e. The minimum atomic E-state index is 0.0408. The smallest absolute Gasteiger partial charge is 0.224 e. The summed E-state index contributed by atoms with van der Waals surface area (Å²) in [5.74, 6) is 0.937. The molecule has 0 atom stereocenters. The standard InChI is InChI=1S/C19H22ClNO2/c1-2-23-18-11-7-15(8-12-18)4-3-13-21-19(22)14-16-5-9-17(20)10-6-16/h5-12H,2-4,13-14H2,1H3,(H,21,22). The van der Waals surface area contributed by atoms with Gasteiger partial charge in [0, 0.05) is 11.6 Å². The molecule has 0 aliphatic heterocycles. The molecule has 2 aromatic rings. The Bertz CT molecular complexity index is 608. The second-order valence-electron chi connectivity index (χ2n) is 5.33. The summed E-state index contributed by atoms with van der Waals surface area (Å²) < 4.78 is 5.42. The van der Waals surface area contributed by atoms with Crippen LogP contribution in [-0.2, 0) is 17.6 Å². The minimum absolute atomic E-state index is 0.0408. The number of carbonyl (C=O) groups excluding carboxylic acids is 1. The van der Waals surface area contributed by atoms with Crippen molar-refractivity contribution in [3.8, 4) is 5.75 Å². The molecule has 0 saturated heterocycles. The van der Waals surface area contributed by atoms with Crippen LogP contribution in [0.5, 0.6) is 5.75 Å². The van der Waals surface area contributed by atoms with E-state index in [0.29, 0.717) is 24.6 Å². The lowest BCUT2D eigenvalue weighted by molar-refractivity contribution is -0.120. The van der Waals surface area contributed by atoms with E-state index in [2.05, 4.69) is 17.4 Å². The second-order valence-corrected chi connectivity index (χ2v) is 5.77. The molecule has 0 bridgehead atoms. The molecule has 0 radical (unpaired) electrons. The van der Waals surface area contributed by atoms with Crippen molar-refractivity contribution in [3.05, 3.63) is 64.7 Å². The van der Waals surface area contributed by atoms with Crippen LogP contribution in [0.3, 0.4) is 0 Å². The first-order valence-corrected chi connectivity index (χ1v) is 8.28. The van der Waals surface area contributed by atoms with Crippen LogP contribution in [0.25, 0.3) is 0 Å². The Hall–Kier alpha value is -2.00. The lowest BCUT2D eigenvalue weighted by atomic mass is 10.1. The van der Waals surface area contributed by atoms with Gasteiger partial charge in [-0.3, -0.25) is 4.79 Å². The topological polar surface area (TPSA) is 38.3 Å². The lowest BCUT2D eigenvalue weighted by Crippen LogP contribution is -2.26. The molecule has 3 nitrogen and oxygen atoms in total. The molecule has 0 spiro atoms. The van der Waals surface area contributed by atoms with E-state index < -0.39 is 0 Å². The fourth-order valence-corrected chi connectivity index (χ4v) is 2.42.